The molecule has 6 nitrogen and oxygen atoms in total. The van der Waals surface area contributed by atoms with Crippen molar-refractivity contribution in [3.8, 4) is 11.1 Å². The minimum atomic E-state index is -1.28. The number of benzene rings is 3. The van der Waals surface area contributed by atoms with E-state index in [2.05, 4.69) is 17.4 Å². The lowest BCUT2D eigenvalue weighted by Gasteiger charge is -2.20. The first kappa shape index (κ1) is 21.2. The Morgan fingerprint density at radius 1 is 1.03 bits per heavy atom. The van der Waals surface area contributed by atoms with Gasteiger partial charge in [0, 0.05) is 28.7 Å². The van der Waals surface area contributed by atoms with Gasteiger partial charge in [-0.2, -0.15) is 0 Å². The van der Waals surface area contributed by atoms with Crippen LogP contribution in [0.1, 0.15) is 28.7 Å². The third kappa shape index (κ3) is 4.37. The molecule has 3 aromatic rings. The summed E-state index contributed by atoms with van der Waals surface area (Å²) in [6, 6.07) is 20.7. The summed E-state index contributed by atoms with van der Waals surface area (Å²) >= 11 is 6.07. The van der Waals surface area contributed by atoms with E-state index in [1.54, 1.807) is 12.1 Å². The third-order valence-corrected chi connectivity index (χ3v) is 5.83. The molecule has 0 spiro atoms. The van der Waals surface area contributed by atoms with E-state index >= 15 is 0 Å². The Balaban J connectivity index is 1.35. The average Bonchev–Trinajstić information content (AvgIpc) is 3.09. The van der Waals surface area contributed by atoms with Crippen LogP contribution in [0.3, 0.4) is 0 Å². The first-order valence-corrected chi connectivity index (χ1v) is 10.3. The summed E-state index contributed by atoms with van der Waals surface area (Å²) in [5, 5.41) is 23.3. The minimum absolute atomic E-state index is 0.0535. The number of halogens is 1. The van der Waals surface area contributed by atoms with Crippen molar-refractivity contribution in [2.24, 2.45) is 0 Å². The Morgan fingerprint density at radius 2 is 1.65 bits per heavy atom. The van der Waals surface area contributed by atoms with E-state index in [0.29, 0.717) is 11.3 Å². The zero-order valence-corrected chi connectivity index (χ0v) is 17.4. The van der Waals surface area contributed by atoms with E-state index < -0.39 is 18.3 Å². The summed E-state index contributed by atoms with van der Waals surface area (Å²) in [5.41, 5.74) is 10.9. The van der Waals surface area contributed by atoms with E-state index in [0.717, 1.165) is 22.3 Å². The first-order valence-electron chi connectivity index (χ1n) is 9.95. The molecule has 0 aliphatic heterocycles. The van der Waals surface area contributed by atoms with E-state index in [4.69, 9.17) is 22.1 Å². The monoisotopic (exact) mass is 438 g/mol. The van der Waals surface area contributed by atoms with Gasteiger partial charge in [-0.1, -0.05) is 66.2 Å². The van der Waals surface area contributed by atoms with Crippen LogP contribution in [0, 0.1) is 0 Å². The molecular weight excluding hydrogens is 416 g/mol. The highest BCUT2D eigenvalue weighted by molar-refractivity contribution is 6.31. The molecule has 3 aromatic carbocycles. The zero-order chi connectivity index (χ0) is 22.0. The van der Waals surface area contributed by atoms with E-state index in [1.165, 1.54) is 6.07 Å². The number of carbonyl (C=O) groups is 1. The maximum Gasteiger partial charge on any atom is 0.407 e. The molecule has 31 heavy (non-hydrogen) atoms. The molecule has 2 unspecified atom stereocenters. The van der Waals surface area contributed by atoms with Crippen LogP contribution in [-0.2, 0) is 4.74 Å². The van der Waals surface area contributed by atoms with Crippen molar-refractivity contribution >= 4 is 23.4 Å². The number of ether oxygens (including phenoxy) is 1. The van der Waals surface area contributed by atoms with Gasteiger partial charge in [0.05, 0.1) is 0 Å². The summed E-state index contributed by atoms with van der Waals surface area (Å²) in [5.74, 6) is -0.0535. The van der Waals surface area contributed by atoms with Crippen LogP contribution >= 0.6 is 11.6 Å². The lowest BCUT2D eigenvalue weighted by molar-refractivity contribution is 0.0186. The van der Waals surface area contributed by atoms with Gasteiger partial charge in [-0.25, -0.2) is 4.79 Å². The minimum Gasteiger partial charge on any atom is -0.449 e. The van der Waals surface area contributed by atoms with Crippen LogP contribution in [0.25, 0.3) is 11.1 Å². The van der Waals surface area contributed by atoms with Gasteiger partial charge in [-0.05, 0) is 34.4 Å². The van der Waals surface area contributed by atoms with Crippen LogP contribution in [-0.4, -0.2) is 35.6 Å². The van der Waals surface area contributed by atoms with Crippen LogP contribution in [0.2, 0.25) is 5.02 Å². The molecule has 1 aliphatic carbocycles. The van der Waals surface area contributed by atoms with Crippen LogP contribution in [0.5, 0.6) is 0 Å². The van der Waals surface area contributed by atoms with Gasteiger partial charge in [-0.3, -0.25) is 0 Å². The number of nitrogens with one attached hydrogen (secondary N) is 1. The van der Waals surface area contributed by atoms with Crippen molar-refractivity contribution in [3.05, 3.63) is 88.4 Å². The Labute approximate surface area is 185 Å². The number of nitrogen functional groups attached to an aromatic ring is 1. The summed E-state index contributed by atoms with van der Waals surface area (Å²) in [7, 11) is 0. The van der Waals surface area contributed by atoms with Gasteiger partial charge in [-0.15, -0.1) is 0 Å². The summed E-state index contributed by atoms with van der Waals surface area (Å²) in [6.45, 7) is -0.0269. The molecule has 7 heteroatoms. The second-order valence-corrected chi connectivity index (χ2v) is 7.91. The van der Waals surface area contributed by atoms with Crippen molar-refractivity contribution in [1.82, 2.24) is 5.32 Å². The molecule has 0 bridgehead atoms. The van der Waals surface area contributed by atoms with Gasteiger partial charge >= 0.3 is 6.09 Å². The Hall–Kier alpha value is -3.06. The molecule has 0 aromatic heterocycles. The Morgan fingerprint density at radius 3 is 2.26 bits per heavy atom. The highest BCUT2D eigenvalue weighted by Crippen LogP contribution is 2.44. The standard InChI is InChI=1S/C24H23ClN2O4/c25-21-11-14(26)9-10-19(21)23(29)22(28)12-27-24(30)31-13-20-17-7-3-1-5-15(17)16-6-2-4-8-18(16)20/h1-11,20,22-23,28-29H,12-13,26H2,(H,27,30). The van der Waals surface area contributed by atoms with Crippen LogP contribution < -0.4 is 11.1 Å². The molecular formula is C24H23ClN2O4. The first-order chi connectivity index (χ1) is 15.0. The van der Waals surface area contributed by atoms with Crippen LogP contribution in [0.4, 0.5) is 10.5 Å². The van der Waals surface area contributed by atoms with Crippen molar-refractivity contribution in [1.29, 1.82) is 0 Å². The highest BCUT2D eigenvalue weighted by Gasteiger charge is 2.29. The van der Waals surface area contributed by atoms with Crippen molar-refractivity contribution < 1.29 is 19.7 Å². The fourth-order valence-corrected chi connectivity index (χ4v) is 4.24. The second-order valence-electron chi connectivity index (χ2n) is 7.50. The molecule has 0 saturated heterocycles. The molecule has 0 fully saturated rings. The molecule has 1 aliphatic rings. The predicted octanol–water partition coefficient (Wildman–Crippen LogP) is 3.86. The second kappa shape index (κ2) is 8.98. The Kier molecular flexibility index (Phi) is 6.13. The number of hydrogen-bond acceptors (Lipinski definition) is 5. The maximum absolute atomic E-state index is 12.2. The van der Waals surface area contributed by atoms with Crippen LogP contribution in [0.15, 0.2) is 66.7 Å². The number of alkyl carbamates (subject to hydrolysis) is 1. The quantitative estimate of drug-likeness (QED) is 0.437. The number of anilines is 1. The molecule has 0 saturated carbocycles. The normalized spacial score (nSPS) is 14.4. The number of carbonyl (C=O) groups excluding carboxylic acids is 1. The molecule has 160 valence electrons. The fraction of sp³-hybridized carbons (Fsp3) is 0.208. The SMILES string of the molecule is Nc1ccc(C(O)C(O)CNC(=O)OCC2c3ccccc3-c3ccccc32)c(Cl)c1. The van der Waals surface area contributed by atoms with Gasteiger partial charge in [0.1, 0.15) is 18.8 Å². The largest absolute Gasteiger partial charge is 0.449 e. The predicted molar refractivity (Wildman–Crippen MR) is 120 cm³/mol. The van der Waals surface area contributed by atoms with Crippen molar-refractivity contribution in [2.45, 2.75) is 18.1 Å². The number of rotatable bonds is 6. The molecule has 1 amide bonds. The number of fused-ring (bicyclic) bond motifs is 3. The van der Waals surface area contributed by atoms with Gasteiger partial charge < -0.3 is 26.0 Å². The van der Waals surface area contributed by atoms with Crippen molar-refractivity contribution in [3.63, 3.8) is 0 Å². The maximum atomic E-state index is 12.2. The van der Waals surface area contributed by atoms with Gasteiger partial charge in [0.15, 0.2) is 0 Å². The summed E-state index contributed by atoms with van der Waals surface area (Å²) in [6.07, 6.45) is -3.21. The average molecular weight is 439 g/mol. The summed E-state index contributed by atoms with van der Waals surface area (Å²) in [4.78, 5) is 12.2. The third-order valence-electron chi connectivity index (χ3n) is 5.51. The smallest absolute Gasteiger partial charge is 0.407 e. The fourth-order valence-electron chi connectivity index (χ4n) is 3.94. The number of amides is 1. The van der Waals surface area contributed by atoms with Gasteiger partial charge in [0.25, 0.3) is 0 Å². The Bertz CT molecular complexity index is 1060. The molecule has 4 rings (SSSR count). The van der Waals surface area contributed by atoms with E-state index in [9.17, 15) is 15.0 Å². The zero-order valence-electron chi connectivity index (χ0n) is 16.7. The number of aliphatic hydroxyl groups is 2. The number of nitrogens with two attached hydrogens (primary N) is 1. The molecule has 0 radical (unpaired) electrons. The summed E-state index contributed by atoms with van der Waals surface area (Å²) < 4.78 is 5.43. The highest BCUT2D eigenvalue weighted by atomic mass is 35.5. The van der Waals surface area contributed by atoms with E-state index in [1.807, 2.05) is 36.4 Å². The van der Waals surface area contributed by atoms with Gasteiger partial charge in [0.2, 0.25) is 0 Å². The molecule has 0 heterocycles. The van der Waals surface area contributed by atoms with E-state index in [-0.39, 0.29) is 24.1 Å². The number of aliphatic hydroxyl groups excluding tert-OH is 2. The number of hydrogen-bond donors (Lipinski definition) is 4. The molecule has 5 N–H and O–H groups in total. The van der Waals surface area contributed by atoms with Crippen molar-refractivity contribution in [2.75, 3.05) is 18.9 Å². The molecule has 2 atom stereocenters. The lowest BCUT2D eigenvalue weighted by atomic mass is 9.98. The lowest BCUT2D eigenvalue weighted by Crippen LogP contribution is -2.36. The topological polar surface area (TPSA) is 105 Å².